The molecular formula is C23H33IN6O2. The lowest BCUT2D eigenvalue weighted by Crippen LogP contribution is -2.56. The van der Waals surface area contributed by atoms with Crippen LogP contribution < -0.4 is 15.0 Å². The minimum atomic E-state index is 0. The Labute approximate surface area is 207 Å². The van der Waals surface area contributed by atoms with Gasteiger partial charge in [0.2, 0.25) is 5.91 Å². The number of rotatable bonds is 5. The summed E-state index contributed by atoms with van der Waals surface area (Å²) in [5.41, 5.74) is 2.12. The molecule has 0 atom stereocenters. The molecular weight excluding hydrogens is 519 g/mol. The molecule has 0 bridgehead atoms. The maximum Gasteiger partial charge on any atom is 0.246 e. The van der Waals surface area contributed by atoms with Crippen LogP contribution >= 0.6 is 24.0 Å². The van der Waals surface area contributed by atoms with E-state index in [9.17, 15) is 4.79 Å². The van der Waals surface area contributed by atoms with Gasteiger partial charge in [-0.3, -0.25) is 14.5 Å². The van der Waals surface area contributed by atoms with E-state index in [0.29, 0.717) is 13.1 Å². The van der Waals surface area contributed by atoms with E-state index in [1.807, 2.05) is 30.3 Å². The average molecular weight is 552 g/mol. The standard InChI is InChI=1S/C23H32N6O2.HI/c1-24-22(28-12-13-29(21(30)16-28)18-14-26-27(2)15-18)25-17-23(10-6-7-11-23)19-8-4-5-9-20(19)31-3;/h4-5,8-9,14-15H,6-7,10-13,16-17H2,1-3H3,(H,24,25);1H. The number of nitrogens with one attached hydrogen (secondary N) is 1. The largest absolute Gasteiger partial charge is 0.496 e. The van der Waals surface area contributed by atoms with Gasteiger partial charge in [-0.05, 0) is 18.9 Å². The summed E-state index contributed by atoms with van der Waals surface area (Å²) in [6.45, 7) is 2.41. The Kier molecular flexibility index (Phi) is 8.02. The van der Waals surface area contributed by atoms with E-state index in [0.717, 1.165) is 43.3 Å². The number of aliphatic imine (C=N–C) groups is 1. The van der Waals surface area contributed by atoms with E-state index in [2.05, 4.69) is 27.5 Å². The summed E-state index contributed by atoms with van der Waals surface area (Å²) >= 11 is 0. The van der Waals surface area contributed by atoms with Crippen molar-refractivity contribution in [1.29, 1.82) is 0 Å². The lowest BCUT2D eigenvalue weighted by Gasteiger charge is -2.37. The molecule has 174 valence electrons. The number of ether oxygens (including phenoxy) is 1. The monoisotopic (exact) mass is 552 g/mol. The zero-order valence-corrected chi connectivity index (χ0v) is 21.4. The fourth-order valence-corrected chi connectivity index (χ4v) is 4.93. The number of carbonyl (C=O) groups excluding carboxylic acids is 1. The number of amides is 1. The molecule has 0 spiro atoms. The number of methoxy groups -OCH3 is 1. The Hall–Kier alpha value is -2.30. The molecule has 2 aliphatic rings. The number of hydrogen-bond acceptors (Lipinski definition) is 4. The van der Waals surface area contributed by atoms with E-state index >= 15 is 0 Å². The van der Waals surface area contributed by atoms with Crippen LogP contribution in [0.2, 0.25) is 0 Å². The van der Waals surface area contributed by atoms with Crippen LogP contribution in [0.25, 0.3) is 0 Å². The second-order valence-electron chi connectivity index (χ2n) is 8.43. The highest BCUT2D eigenvalue weighted by Gasteiger charge is 2.38. The number of carbonyl (C=O) groups is 1. The number of benzene rings is 1. The third-order valence-corrected chi connectivity index (χ3v) is 6.56. The van der Waals surface area contributed by atoms with Gasteiger partial charge in [0.15, 0.2) is 5.96 Å². The third kappa shape index (κ3) is 4.87. The first-order valence-corrected chi connectivity index (χ1v) is 10.9. The molecule has 32 heavy (non-hydrogen) atoms. The van der Waals surface area contributed by atoms with Gasteiger partial charge < -0.3 is 19.9 Å². The molecule has 8 nitrogen and oxygen atoms in total. The lowest BCUT2D eigenvalue weighted by molar-refractivity contribution is -0.120. The Morgan fingerprint density at radius 3 is 2.62 bits per heavy atom. The molecule has 1 saturated heterocycles. The molecule has 4 rings (SSSR count). The van der Waals surface area contributed by atoms with Crippen molar-refractivity contribution in [3.8, 4) is 5.75 Å². The number of nitrogens with zero attached hydrogens (tertiary/aromatic N) is 5. The summed E-state index contributed by atoms with van der Waals surface area (Å²) in [5.74, 6) is 1.78. The zero-order chi connectivity index (χ0) is 21.8. The Morgan fingerprint density at radius 2 is 2.00 bits per heavy atom. The van der Waals surface area contributed by atoms with Gasteiger partial charge in [-0.2, -0.15) is 5.10 Å². The lowest BCUT2D eigenvalue weighted by atomic mass is 9.78. The molecule has 1 aliphatic carbocycles. The summed E-state index contributed by atoms with van der Waals surface area (Å²) in [6.07, 6.45) is 8.26. The van der Waals surface area contributed by atoms with Crippen LogP contribution in [0.15, 0.2) is 41.7 Å². The number of para-hydroxylation sites is 1. The van der Waals surface area contributed by atoms with Crippen LogP contribution in [0.5, 0.6) is 5.75 Å². The van der Waals surface area contributed by atoms with Gasteiger partial charge in [0, 0.05) is 50.9 Å². The van der Waals surface area contributed by atoms with Crippen molar-refractivity contribution in [2.24, 2.45) is 12.0 Å². The van der Waals surface area contributed by atoms with Gasteiger partial charge in [0.1, 0.15) is 12.3 Å². The van der Waals surface area contributed by atoms with Gasteiger partial charge in [-0.25, -0.2) is 0 Å². The molecule has 0 radical (unpaired) electrons. The van der Waals surface area contributed by atoms with Crippen LogP contribution in [-0.2, 0) is 17.3 Å². The van der Waals surface area contributed by atoms with Crippen LogP contribution in [0.3, 0.4) is 0 Å². The summed E-state index contributed by atoms with van der Waals surface area (Å²) in [7, 11) is 5.38. The smallest absolute Gasteiger partial charge is 0.246 e. The van der Waals surface area contributed by atoms with E-state index in [1.54, 1.807) is 29.9 Å². The second kappa shape index (κ2) is 10.5. The molecule has 0 unspecified atom stereocenters. The first-order valence-electron chi connectivity index (χ1n) is 10.9. The fourth-order valence-electron chi connectivity index (χ4n) is 4.93. The average Bonchev–Trinajstić information content (AvgIpc) is 3.44. The number of aryl methyl sites for hydroxylation is 1. The Morgan fingerprint density at radius 1 is 1.25 bits per heavy atom. The van der Waals surface area contributed by atoms with E-state index in [1.165, 1.54) is 18.4 Å². The van der Waals surface area contributed by atoms with Gasteiger partial charge in [-0.1, -0.05) is 31.0 Å². The van der Waals surface area contributed by atoms with Gasteiger partial charge >= 0.3 is 0 Å². The van der Waals surface area contributed by atoms with Crippen LogP contribution in [0.4, 0.5) is 5.69 Å². The van der Waals surface area contributed by atoms with E-state index in [-0.39, 0.29) is 35.3 Å². The quantitative estimate of drug-likeness (QED) is 0.351. The van der Waals surface area contributed by atoms with Gasteiger partial charge in [-0.15, -0.1) is 24.0 Å². The second-order valence-corrected chi connectivity index (χ2v) is 8.43. The molecule has 1 saturated carbocycles. The van der Waals surface area contributed by atoms with Crippen molar-refractivity contribution in [3.05, 3.63) is 42.2 Å². The maximum absolute atomic E-state index is 12.8. The van der Waals surface area contributed by atoms with Crippen molar-refractivity contribution < 1.29 is 9.53 Å². The first-order chi connectivity index (χ1) is 15.1. The zero-order valence-electron chi connectivity index (χ0n) is 19.1. The summed E-state index contributed by atoms with van der Waals surface area (Å²) in [6, 6.07) is 8.33. The highest BCUT2D eigenvalue weighted by atomic mass is 127. The summed E-state index contributed by atoms with van der Waals surface area (Å²) in [4.78, 5) is 21.1. The number of piperazine rings is 1. The van der Waals surface area contributed by atoms with Crippen molar-refractivity contribution in [1.82, 2.24) is 20.0 Å². The molecule has 2 fully saturated rings. The molecule has 9 heteroatoms. The highest BCUT2D eigenvalue weighted by molar-refractivity contribution is 14.0. The molecule has 2 heterocycles. The molecule has 1 amide bonds. The van der Waals surface area contributed by atoms with Crippen molar-refractivity contribution in [3.63, 3.8) is 0 Å². The van der Waals surface area contributed by atoms with Gasteiger partial charge in [0.25, 0.3) is 0 Å². The van der Waals surface area contributed by atoms with Crippen molar-refractivity contribution in [2.45, 2.75) is 31.1 Å². The number of anilines is 1. The minimum absolute atomic E-state index is 0. The molecule has 1 aromatic heterocycles. The normalized spacial score (nSPS) is 18.5. The SMILES string of the molecule is CN=C(NCC1(c2ccccc2OC)CCCC1)N1CCN(c2cnn(C)c2)C(=O)C1.I. The topological polar surface area (TPSA) is 75.0 Å². The van der Waals surface area contributed by atoms with Crippen LogP contribution in [0.1, 0.15) is 31.2 Å². The highest BCUT2D eigenvalue weighted by Crippen LogP contribution is 2.44. The van der Waals surface area contributed by atoms with Crippen molar-refractivity contribution >= 4 is 41.5 Å². The van der Waals surface area contributed by atoms with E-state index < -0.39 is 0 Å². The number of aromatic nitrogens is 2. The Bertz CT molecular complexity index is 953. The molecule has 2 aromatic rings. The van der Waals surface area contributed by atoms with Crippen molar-refractivity contribution in [2.75, 3.05) is 45.2 Å². The number of halogens is 1. The molecule has 1 N–H and O–H groups in total. The number of guanidine groups is 1. The minimum Gasteiger partial charge on any atom is -0.496 e. The summed E-state index contributed by atoms with van der Waals surface area (Å²) < 4.78 is 7.39. The molecule has 1 aromatic carbocycles. The van der Waals surface area contributed by atoms with E-state index in [4.69, 9.17) is 4.74 Å². The fraction of sp³-hybridized carbons (Fsp3) is 0.522. The van der Waals surface area contributed by atoms with Gasteiger partial charge in [0.05, 0.1) is 19.0 Å². The summed E-state index contributed by atoms with van der Waals surface area (Å²) in [5, 5.41) is 7.77. The molecule has 1 aliphatic heterocycles. The predicted molar refractivity (Wildman–Crippen MR) is 137 cm³/mol. The third-order valence-electron chi connectivity index (χ3n) is 6.56. The number of hydrogen-bond donors (Lipinski definition) is 1. The predicted octanol–water partition coefficient (Wildman–Crippen LogP) is 2.78. The maximum atomic E-state index is 12.8. The van der Waals surface area contributed by atoms with Crippen LogP contribution in [0, 0.1) is 0 Å². The Balaban J connectivity index is 0.00000289. The van der Waals surface area contributed by atoms with Crippen LogP contribution in [-0.4, -0.2) is 66.9 Å². The first kappa shape index (κ1) is 24.3.